The Morgan fingerprint density at radius 2 is 0.611 bits per heavy atom. The lowest BCUT2D eigenvalue weighted by Gasteiger charge is -2.22. The van der Waals surface area contributed by atoms with Gasteiger partial charge in [-0.3, -0.25) is 19.9 Å². The smallest absolute Gasteiger partial charge is 0.187 e. The van der Waals surface area contributed by atoms with Gasteiger partial charge in [0.1, 0.15) is 0 Å². The largest absolute Gasteiger partial charge is 0.308 e. The molecule has 16 aromatic rings. The van der Waals surface area contributed by atoms with E-state index < -0.39 is 0 Å². The van der Waals surface area contributed by atoms with Crippen molar-refractivity contribution in [3.05, 3.63) is 321 Å². The molecule has 0 amide bonds. The van der Waals surface area contributed by atoms with Gasteiger partial charge in [0.05, 0.1) is 74.4 Å². The van der Waals surface area contributed by atoms with Crippen LogP contribution in [0.4, 0.5) is 5.69 Å². The Labute approximate surface area is 519 Å². The van der Waals surface area contributed by atoms with Crippen molar-refractivity contribution in [1.29, 1.82) is 5.26 Å². The lowest BCUT2D eigenvalue weighted by molar-refractivity contribution is 1.13. The molecule has 0 aliphatic carbocycles. The fourth-order valence-corrected chi connectivity index (χ4v) is 13.1. The molecule has 0 aliphatic rings. The van der Waals surface area contributed by atoms with Gasteiger partial charge in [0, 0.05) is 96.4 Å². The molecule has 0 atom stereocenters. The lowest BCUT2D eigenvalue weighted by Crippen LogP contribution is -2.05. The highest BCUT2D eigenvalue weighted by Gasteiger charge is 2.26. The van der Waals surface area contributed by atoms with Gasteiger partial charge in [0.15, 0.2) is 5.69 Å². The van der Waals surface area contributed by atoms with Crippen molar-refractivity contribution in [3.63, 3.8) is 0 Å². The second-order valence-corrected chi connectivity index (χ2v) is 22.3. The minimum atomic E-state index is 0.448. The number of fused-ring (bicyclic) bond motifs is 6. The van der Waals surface area contributed by atoms with Crippen molar-refractivity contribution in [2.45, 2.75) is 0 Å². The van der Waals surface area contributed by atoms with E-state index >= 15 is 0 Å². The monoisotopic (exact) mass is 1150 g/mol. The van der Waals surface area contributed by atoms with E-state index in [9.17, 15) is 5.26 Å². The minimum absolute atomic E-state index is 0.448. The fraction of sp³-hybridized carbons (Fsp3) is 0. The third kappa shape index (κ3) is 9.16. The van der Waals surface area contributed by atoms with E-state index in [-0.39, 0.29) is 0 Å². The molecule has 0 spiro atoms. The SMILES string of the molecule is [C-]#[N+]c1cccc(-c2c(-n3c4cc(-c5cccnc5-c5ccccc5)ccc4c4ccc(-c5cccnc5-c5ccccc5)cc43)cc(C#N)cc2-n2c3cc(-c4cccnc4-c4ccccc4)ccc3c3ccc(-c4cccnc4-c4ccccc4)cc32)c1. The van der Waals surface area contributed by atoms with Gasteiger partial charge < -0.3 is 9.13 Å². The molecule has 0 aliphatic heterocycles. The van der Waals surface area contributed by atoms with E-state index in [1.54, 1.807) is 0 Å². The maximum atomic E-state index is 11.7. The Morgan fingerprint density at radius 3 is 0.911 bits per heavy atom. The Balaban J connectivity index is 1.04. The van der Waals surface area contributed by atoms with Crippen LogP contribution in [0.5, 0.6) is 0 Å². The van der Waals surface area contributed by atoms with Crippen LogP contribution in [-0.2, 0) is 0 Å². The zero-order valence-corrected chi connectivity index (χ0v) is 48.4. The zero-order valence-electron chi connectivity index (χ0n) is 48.4. The van der Waals surface area contributed by atoms with Crippen molar-refractivity contribution in [2.24, 2.45) is 0 Å². The maximum absolute atomic E-state index is 11.7. The molecule has 6 heterocycles. The first-order valence-electron chi connectivity index (χ1n) is 29.8. The Morgan fingerprint density at radius 1 is 0.300 bits per heavy atom. The van der Waals surface area contributed by atoms with Gasteiger partial charge in [-0.15, -0.1) is 0 Å². The summed E-state index contributed by atoms with van der Waals surface area (Å²) in [5.74, 6) is 0. The normalized spacial score (nSPS) is 11.3. The quantitative estimate of drug-likeness (QED) is 0.120. The molecule has 0 bridgehead atoms. The summed E-state index contributed by atoms with van der Waals surface area (Å²) in [5.41, 5.74) is 23.1. The van der Waals surface area contributed by atoms with Gasteiger partial charge in [-0.25, -0.2) is 4.85 Å². The topological polar surface area (TPSA) is 89.6 Å². The molecule has 0 fully saturated rings. The van der Waals surface area contributed by atoms with Gasteiger partial charge in [-0.05, 0) is 94.5 Å². The molecular formula is C82H50N8. The second-order valence-electron chi connectivity index (χ2n) is 22.3. The second kappa shape index (κ2) is 22.3. The van der Waals surface area contributed by atoms with Crippen molar-refractivity contribution in [2.75, 3.05) is 0 Å². The van der Waals surface area contributed by atoms with E-state index in [2.05, 4.69) is 172 Å². The van der Waals surface area contributed by atoms with Crippen LogP contribution < -0.4 is 0 Å². The molecule has 0 radical (unpaired) electrons. The third-order valence-electron chi connectivity index (χ3n) is 17.2. The van der Waals surface area contributed by atoms with E-state index in [0.717, 1.165) is 156 Å². The van der Waals surface area contributed by atoms with Crippen LogP contribution in [0.15, 0.2) is 304 Å². The molecular weight excluding hydrogens is 1100 g/mol. The van der Waals surface area contributed by atoms with E-state index in [1.807, 2.05) is 152 Å². The minimum Gasteiger partial charge on any atom is -0.308 e. The molecule has 8 nitrogen and oxygen atoms in total. The first-order valence-corrected chi connectivity index (χ1v) is 29.8. The summed E-state index contributed by atoms with van der Waals surface area (Å²) in [6, 6.07) is 99.1. The van der Waals surface area contributed by atoms with Gasteiger partial charge in [0.2, 0.25) is 0 Å². The van der Waals surface area contributed by atoms with E-state index in [4.69, 9.17) is 26.5 Å². The molecule has 0 N–H and O–H groups in total. The van der Waals surface area contributed by atoms with E-state index in [0.29, 0.717) is 11.3 Å². The molecule has 6 aromatic heterocycles. The fourth-order valence-electron chi connectivity index (χ4n) is 13.1. The highest BCUT2D eigenvalue weighted by atomic mass is 15.0. The number of pyridine rings is 4. The van der Waals surface area contributed by atoms with Crippen LogP contribution in [-0.4, -0.2) is 29.1 Å². The van der Waals surface area contributed by atoms with Crippen LogP contribution in [0.2, 0.25) is 0 Å². The molecule has 10 aromatic carbocycles. The summed E-state index contributed by atoms with van der Waals surface area (Å²) in [6.07, 6.45) is 7.40. The molecule has 0 saturated carbocycles. The molecule has 8 heteroatoms. The number of benzene rings is 10. The van der Waals surface area contributed by atoms with Crippen molar-refractivity contribution in [3.8, 4) is 118 Å². The number of nitrogens with zero attached hydrogens (tertiary/aromatic N) is 8. The Bertz CT molecular complexity index is 4970. The summed E-state index contributed by atoms with van der Waals surface area (Å²) in [4.78, 5) is 24.0. The predicted octanol–water partition coefficient (Wildman–Crippen LogP) is 20.9. The highest BCUT2D eigenvalue weighted by Crippen LogP contribution is 2.47. The van der Waals surface area contributed by atoms with Crippen LogP contribution >= 0.6 is 0 Å². The molecule has 418 valence electrons. The average molecular weight is 1150 g/mol. The maximum Gasteiger partial charge on any atom is 0.187 e. The molecule has 90 heavy (non-hydrogen) atoms. The highest BCUT2D eigenvalue weighted by molar-refractivity contribution is 6.15. The summed E-state index contributed by atoms with van der Waals surface area (Å²) >= 11 is 0. The first-order chi connectivity index (χ1) is 44.6. The van der Waals surface area contributed by atoms with Gasteiger partial charge in [0.25, 0.3) is 0 Å². The summed E-state index contributed by atoms with van der Waals surface area (Å²) in [5, 5.41) is 15.8. The van der Waals surface area contributed by atoms with Crippen LogP contribution in [0.25, 0.3) is 160 Å². The zero-order chi connectivity index (χ0) is 60.1. The number of hydrogen-bond acceptors (Lipinski definition) is 5. The molecule has 0 unspecified atom stereocenters. The average Bonchev–Trinajstić information content (AvgIpc) is 1.55. The van der Waals surface area contributed by atoms with Gasteiger partial charge in [-0.2, -0.15) is 5.26 Å². The molecule has 0 saturated heterocycles. The Kier molecular flexibility index (Phi) is 13.1. The standard InChI is InChI=1S/C82H50N8/c1-84-63-28-14-27-62(47-63)78-76(89-72-48-58(64-29-15-41-85-79(64)54-19-6-2-7-20-54)33-37-68(72)69-38-34-59(49-73(69)89)65-30-16-42-86-80(65)55-21-8-3-9-22-55)45-53(52-83)46-77(78)90-74-50-60(66-31-17-43-87-81(66)56-23-10-4-11-24-56)35-39-70(74)71-40-36-61(51-75(71)90)67-32-18-44-88-82(67)57-25-12-5-13-26-57/h2-51H. The predicted molar refractivity (Wildman–Crippen MR) is 366 cm³/mol. The molecule has 16 rings (SSSR count). The van der Waals surface area contributed by atoms with Crippen LogP contribution in [0.1, 0.15) is 5.56 Å². The van der Waals surface area contributed by atoms with Gasteiger partial charge >= 0.3 is 0 Å². The van der Waals surface area contributed by atoms with Crippen molar-refractivity contribution in [1.82, 2.24) is 29.1 Å². The number of nitriles is 1. The van der Waals surface area contributed by atoms with Crippen LogP contribution in [0, 0.1) is 17.9 Å². The number of aromatic nitrogens is 6. The summed E-state index contributed by atoms with van der Waals surface area (Å²) in [7, 11) is 0. The summed E-state index contributed by atoms with van der Waals surface area (Å²) < 4.78 is 4.68. The number of rotatable bonds is 11. The first kappa shape index (κ1) is 52.9. The van der Waals surface area contributed by atoms with Crippen LogP contribution in [0.3, 0.4) is 0 Å². The van der Waals surface area contributed by atoms with Gasteiger partial charge in [-0.1, -0.05) is 212 Å². The van der Waals surface area contributed by atoms with Crippen molar-refractivity contribution >= 4 is 49.3 Å². The van der Waals surface area contributed by atoms with E-state index in [1.165, 1.54) is 0 Å². The lowest BCUT2D eigenvalue weighted by atomic mass is 9.96. The Hall–Kier alpha value is -12.6. The number of hydrogen-bond donors (Lipinski definition) is 0. The van der Waals surface area contributed by atoms with Crippen molar-refractivity contribution < 1.29 is 0 Å². The summed E-state index contributed by atoms with van der Waals surface area (Å²) in [6.45, 7) is 8.47. The third-order valence-corrected chi connectivity index (χ3v) is 17.2.